The Hall–Kier alpha value is -1.23. The molecule has 21 heavy (non-hydrogen) atoms. The molecule has 1 saturated heterocycles. The fourth-order valence-electron chi connectivity index (χ4n) is 2.99. The number of piperazine rings is 1. The molecule has 1 aromatic carbocycles. The van der Waals surface area contributed by atoms with Gasteiger partial charge in [0.25, 0.3) is 0 Å². The molecule has 2 aromatic rings. The van der Waals surface area contributed by atoms with E-state index < -0.39 is 0 Å². The van der Waals surface area contributed by atoms with Gasteiger partial charge < -0.3 is 9.80 Å². The molecule has 4 heteroatoms. The molecule has 2 heterocycles. The van der Waals surface area contributed by atoms with Crippen LogP contribution in [-0.2, 0) is 13.1 Å². The van der Waals surface area contributed by atoms with Crippen LogP contribution in [0.4, 0.5) is 0 Å². The smallest absolute Gasteiger partial charge is 0.127 e. The molecule has 1 aromatic heterocycles. The number of benzene rings is 1. The van der Waals surface area contributed by atoms with Crippen LogP contribution in [0, 0.1) is 0 Å². The van der Waals surface area contributed by atoms with E-state index in [0.29, 0.717) is 0 Å². The van der Waals surface area contributed by atoms with Crippen molar-refractivity contribution in [1.82, 2.24) is 4.98 Å². The summed E-state index contributed by atoms with van der Waals surface area (Å²) in [4.78, 5) is 7.49. The van der Waals surface area contributed by atoms with Crippen LogP contribution in [0.2, 0.25) is 0 Å². The number of quaternary nitrogens is 2. The minimum absolute atomic E-state index is 1.13. The predicted molar refractivity (Wildman–Crippen MR) is 87.2 cm³/mol. The number of pyridine rings is 1. The van der Waals surface area contributed by atoms with Crippen molar-refractivity contribution in [1.29, 1.82) is 0 Å². The molecule has 2 N–H and O–H groups in total. The van der Waals surface area contributed by atoms with Crippen LogP contribution in [0.5, 0.6) is 0 Å². The molecule has 0 saturated carbocycles. The fraction of sp³-hybridized carbons (Fsp3) is 0.353. The van der Waals surface area contributed by atoms with Gasteiger partial charge in [-0.3, -0.25) is 4.98 Å². The van der Waals surface area contributed by atoms with Gasteiger partial charge in [0.1, 0.15) is 39.3 Å². The molecule has 0 amide bonds. The maximum absolute atomic E-state index is 4.09. The molecule has 0 aliphatic carbocycles. The van der Waals surface area contributed by atoms with Gasteiger partial charge in [-0.05, 0) is 24.3 Å². The van der Waals surface area contributed by atoms with Crippen molar-refractivity contribution < 1.29 is 9.80 Å². The maximum atomic E-state index is 4.09. The SMILES string of the molecule is Brc1ccc(C[NH+]2CC[NH+](Cc3ccncc3)CC2)cc1. The van der Waals surface area contributed by atoms with E-state index in [1.54, 1.807) is 9.80 Å². The van der Waals surface area contributed by atoms with Crippen LogP contribution < -0.4 is 9.80 Å². The van der Waals surface area contributed by atoms with Gasteiger partial charge in [0.15, 0.2) is 0 Å². The van der Waals surface area contributed by atoms with Crippen LogP contribution >= 0.6 is 15.9 Å². The number of rotatable bonds is 4. The predicted octanol–water partition coefficient (Wildman–Crippen LogP) is 0.328. The Morgan fingerprint density at radius 2 is 1.24 bits per heavy atom. The third-order valence-electron chi connectivity index (χ3n) is 4.24. The summed E-state index contributed by atoms with van der Waals surface area (Å²) in [6, 6.07) is 13.0. The third kappa shape index (κ3) is 4.37. The average molecular weight is 348 g/mol. The summed E-state index contributed by atoms with van der Waals surface area (Å²) in [5, 5.41) is 0. The van der Waals surface area contributed by atoms with Crippen molar-refractivity contribution in [3.63, 3.8) is 0 Å². The quantitative estimate of drug-likeness (QED) is 0.817. The topological polar surface area (TPSA) is 21.8 Å². The van der Waals surface area contributed by atoms with Crippen LogP contribution in [0.15, 0.2) is 53.3 Å². The molecule has 1 aliphatic rings. The maximum Gasteiger partial charge on any atom is 0.127 e. The van der Waals surface area contributed by atoms with E-state index >= 15 is 0 Å². The van der Waals surface area contributed by atoms with E-state index in [1.165, 1.54) is 37.3 Å². The zero-order chi connectivity index (χ0) is 14.5. The Bertz CT molecular complexity index is 548. The van der Waals surface area contributed by atoms with Crippen LogP contribution in [0.3, 0.4) is 0 Å². The van der Waals surface area contributed by atoms with Gasteiger partial charge in [0.2, 0.25) is 0 Å². The van der Waals surface area contributed by atoms with Crippen LogP contribution in [0.25, 0.3) is 0 Å². The largest absolute Gasteiger partial charge is 0.322 e. The van der Waals surface area contributed by atoms with E-state index in [0.717, 1.165) is 17.6 Å². The zero-order valence-electron chi connectivity index (χ0n) is 12.2. The third-order valence-corrected chi connectivity index (χ3v) is 4.76. The van der Waals surface area contributed by atoms with Crippen LogP contribution in [-0.4, -0.2) is 31.2 Å². The van der Waals surface area contributed by atoms with Crippen molar-refractivity contribution in [3.05, 3.63) is 64.4 Å². The summed E-state index contributed by atoms with van der Waals surface area (Å²) in [6.45, 7) is 7.32. The van der Waals surface area contributed by atoms with E-state index in [1.807, 2.05) is 12.4 Å². The Morgan fingerprint density at radius 3 is 1.76 bits per heavy atom. The summed E-state index contributed by atoms with van der Waals surface area (Å²) < 4.78 is 1.16. The standard InChI is InChI=1S/C17H20BrN3/c18-17-3-1-15(2-4-17)13-20-9-11-21(12-10-20)14-16-5-7-19-8-6-16/h1-8H,9-14H2/p+2. The highest BCUT2D eigenvalue weighted by molar-refractivity contribution is 9.10. The van der Waals surface area contributed by atoms with Gasteiger partial charge in [-0.2, -0.15) is 0 Å². The molecular weight excluding hydrogens is 326 g/mol. The number of nitrogens with zero attached hydrogens (tertiary/aromatic N) is 1. The van der Waals surface area contributed by atoms with Crippen molar-refractivity contribution in [2.75, 3.05) is 26.2 Å². The van der Waals surface area contributed by atoms with Gasteiger partial charge in [-0.1, -0.05) is 28.1 Å². The minimum atomic E-state index is 1.13. The molecule has 3 rings (SSSR count). The average Bonchev–Trinajstić information content (AvgIpc) is 2.53. The van der Waals surface area contributed by atoms with E-state index in [-0.39, 0.29) is 0 Å². The Labute approximate surface area is 134 Å². The zero-order valence-corrected chi connectivity index (χ0v) is 13.8. The molecule has 1 aliphatic heterocycles. The lowest BCUT2D eigenvalue weighted by Gasteiger charge is -2.29. The van der Waals surface area contributed by atoms with Gasteiger partial charge in [0, 0.05) is 28.0 Å². The summed E-state index contributed by atoms with van der Waals surface area (Å²) in [7, 11) is 0. The highest BCUT2D eigenvalue weighted by Gasteiger charge is 2.22. The van der Waals surface area contributed by atoms with Gasteiger partial charge >= 0.3 is 0 Å². The normalized spacial score (nSPS) is 22.1. The van der Waals surface area contributed by atoms with E-state index in [4.69, 9.17) is 0 Å². The first-order chi connectivity index (χ1) is 10.3. The fourth-order valence-corrected chi connectivity index (χ4v) is 3.26. The number of hydrogen-bond donors (Lipinski definition) is 2. The Balaban J connectivity index is 1.47. The summed E-state index contributed by atoms with van der Waals surface area (Å²) >= 11 is 3.50. The molecule has 0 bridgehead atoms. The number of aromatic nitrogens is 1. The van der Waals surface area contributed by atoms with Gasteiger partial charge in [-0.15, -0.1) is 0 Å². The first kappa shape index (κ1) is 14.7. The molecule has 1 fully saturated rings. The van der Waals surface area contributed by atoms with Crippen molar-refractivity contribution in [3.8, 4) is 0 Å². The molecule has 0 atom stereocenters. The molecular formula is C17H22BrN3+2. The highest BCUT2D eigenvalue weighted by atomic mass is 79.9. The first-order valence-electron chi connectivity index (χ1n) is 7.60. The highest BCUT2D eigenvalue weighted by Crippen LogP contribution is 2.09. The second kappa shape index (κ2) is 7.16. The monoisotopic (exact) mass is 347 g/mol. The summed E-state index contributed by atoms with van der Waals surface area (Å²) in [5.41, 5.74) is 2.84. The van der Waals surface area contributed by atoms with E-state index in [2.05, 4.69) is 57.3 Å². The Morgan fingerprint density at radius 1 is 0.762 bits per heavy atom. The molecule has 110 valence electrons. The first-order valence-corrected chi connectivity index (χ1v) is 8.39. The molecule has 0 radical (unpaired) electrons. The summed E-state index contributed by atoms with van der Waals surface area (Å²) in [6.07, 6.45) is 3.79. The van der Waals surface area contributed by atoms with Crippen molar-refractivity contribution in [2.45, 2.75) is 13.1 Å². The van der Waals surface area contributed by atoms with Gasteiger partial charge in [-0.25, -0.2) is 0 Å². The number of halogens is 1. The lowest BCUT2D eigenvalue weighted by Crippen LogP contribution is -3.27. The molecule has 3 nitrogen and oxygen atoms in total. The number of nitrogens with one attached hydrogen (secondary N) is 2. The minimum Gasteiger partial charge on any atom is -0.322 e. The number of hydrogen-bond acceptors (Lipinski definition) is 1. The van der Waals surface area contributed by atoms with Crippen molar-refractivity contribution >= 4 is 15.9 Å². The Kier molecular flexibility index (Phi) is 5.01. The second-order valence-electron chi connectivity index (χ2n) is 5.84. The van der Waals surface area contributed by atoms with Gasteiger partial charge in [0.05, 0.1) is 0 Å². The summed E-state index contributed by atoms with van der Waals surface area (Å²) in [5.74, 6) is 0. The molecule has 0 spiro atoms. The van der Waals surface area contributed by atoms with Crippen LogP contribution in [0.1, 0.15) is 11.1 Å². The van der Waals surface area contributed by atoms with E-state index in [9.17, 15) is 0 Å². The lowest BCUT2D eigenvalue weighted by atomic mass is 10.2. The lowest BCUT2D eigenvalue weighted by molar-refractivity contribution is -1.02. The second-order valence-corrected chi connectivity index (χ2v) is 6.75. The van der Waals surface area contributed by atoms with Crippen molar-refractivity contribution in [2.24, 2.45) is 0 Å². The molecule has 0 unspecified atom stereocenters.